The molecule has 0 spiro atoms. The van der Waals surface area contributed by atoms with Crippen LogP contribution in [0.4, 0.5) is 0 Å². The Morgan fingerprint density at radius 2 is 1.81 bits per heavy atom. The molecule has 2 amide bonds. The summed E-state index contributed by atoms with van der Waals surface area (Å²) in [6.45, 7) is 5.15. The van der Waals surface area contributed by atoms with Crippen molar-refractivity contribution in [2.75, 3.05) is 13.1 Å². The number of carbonyl (C=O) groups excluding carboxylic acids is 2. The van der Waals surface area contributed by atoms with Gasteiger partial charge in [0.15, 0.2) is 5.58 Å². The van der Waals surface area contributed by atoms with Crippen LogP contribution >= 0.6 is 0 Å². The minimum Gasteiger partial charge on any atom is -0.463 e. The predicted octanol–water partition coefficient (Wildman–Crippen LogP) is 4.56. The third kappa shape index (κ3) is 4.13. The third-order valence-electron chi connectivity index (χ3n) is 8.56. The van der Waals surface area contributed by atoms with Crippen molar-refractivity contribution < 1.29 is 14.0 Å². The van der Waals surface area contributed by atoms with Crippen LogP contribution in [-0.2, 0) is 17.9 Å². The molecule has 7 heteroatoms. The van der Waals surface area contributed by atoms with Crippen LogP contribution in [0.15, 0.2) is 53.1 Å². The Morgan fingerprint density at radius 3 is 2.56 bits per heavy atom. The second-order valence-corrected chi connectivity index (χ2v) is 11.0. The number of aromatic nitrogens is 1. The van der Waals surface area contributed by atoms with Crippen LogP contribution in [0.25, 0.3) is 11.1 Å². The summed E-state index contributed by atoms with van der Waals surface area (Å²) < 4.78 is 7.61. The monoisotopic (exact) mass is 488 g/mol. The first kappa shape index (κ1) is 23.3. The van der Waals surface area contributed by atoms with Gasteiger partial charge in [-0.1, -0.05) is 49.6 Å². The van der Waals surface area contributed by atoms with Gasteiger partial charge in [0, 0.05) is 43.9 Å². The largest absolute Gasteiger partial charge is 0.463 e. The average Bonchev–Trinajstić information content (AvgIpc) is 3.49. The topological polar surface area (TPSA) is 70.7 Å². The fourth-order valence-corrected chi connectivity index (χ4v) is 6.57. The smallest absolute Gasteiger partial charge is 0.271 e. The second-order valence-electron chi connectivity index (χ2n) is 11.0. The van der Waals surface area contributed by atoms with Gasteiger partial charge in [0.2, 0.25) is 5.91 Å². The van der Waals surface area contributed by atoms with Crippen molar-refractivity contribution in [3.8, 4) is 0 Å². The molecule has 2 aromatic heterocycles. The van der Waals surface area contributed by atoms with E-state index in [0.29, 0.717) is 17.8 Å². The van der Waals surface area contributed by atoms with Gasteiger partial charge in [-0.05, 0) is 38.2 Å². The molecule has 1 saturated carbocycles. The summed E-state index contributed by atoms with van der Waals surface area (Å²) in [7, 11) is 0. The van der Waals surface area contributed by atoms with Crippen LogP contribution in [0.2, 0.25) is 0 Å². The summed E-state index contributed by atoms with van der Waals surface area (Å²) in [4.78, 5) is 32.4. The van der Waals surface area contributed by atoms with Crippen LogP contribution in [0.1, 0.15) is 67.9 Å². The highest BCUT2D eigenvalue weighted by Gasteiger charge is 2.51. The van der Waals surface area contributed by atoms with Gasteiger partial charge in [0.05, 0.1) is 18.3 Å². The van der Waals surface area contributed by atoms with E-state index in [2.05, 4.69) is 34.5 Å². The molecule has 36 heavy (non-hydrogen) atoms. The molecule has 3 aromatic rings. The molecule has 1 N–H and O–H groups in total. The Bertz CT molecular complexity index is 1230. The first-order chi connectivity index (χ1) is 17.5. The standard InChI is InChI=1S/C29H36N4O3/c1-29(28(35)30-22-10-6-3-7-11-22)20-32-24-14-17-36-26(24)18-25(32)27(34)33(29)23-12-15-31(16-13-23)19-21-8-4-2-5-9-21/h2,4-5,8-9,14,17-18,22-23H,3,6-7,10-13,15-16,19-20H2,1H3,(H,30,35). The van der Waals surface area contributed by atoms with Crippen molar-refractivity contribution in [2.24, 2.45) is 0 Å². The molecule has 6 rings (SSSR count). The van der Waals surface area contributed by atoms with Gasteiger partial charge in [0.1, 0.15) is 11.2 Å². The van der Waals surface area contributed by atoms with Crippen LogP contribution < -0.4 is 5.32 Å². The number of nitrogens with zero attached hydrogens (tertiary/aromatic N) is 3. The second kappa shape index (κ2) is 9.43. The summed E-state index contributed by atoms with van der Waals surface area (Å²) in [5.41, 5.74) is 2.57. The molecule has 2 fully saturated rings. The number of nitrogens with one attached hydrogen (secondary N) is 1. The normalized spacial score (nSPS) is 24.2. The Morgan fingerprint density at radius 1 is 1.06 bits per heavy atom. The van der Waals surface area contributed by atoms with E-state index in [0.717, 1.165) is 63.7 Å². The Labute approximate surface area is 212 Å². The number of hydrogen-bond acceptors (Lipinski definition) is 4. The van der Waals surface area contributed by atoms with Crippen molar-refractivity contribution in [1.29, 1.82) is 0 Å². The van der Waals surface area contributed by atoms with E-state index in [4.69, 9.17) is 4.42 Å². The number of rotatable bonds is 5. The molecular weight excluding hydrogens is 452 g/mol. The van der Waals surface area contributed by atoms with Crippen LogP contribution in [0, 0.1) is 0 Å². The lowest BCUT2D eigenvalue weighted by atomic mass is 9.88. The molecule has 1 atom stereocenters. The average molecular weight is 489 g/mol. The van der Waals surface area contributed by atoms with E-state index in [1.165, 1.54) is 12.0 Å². The fraction of sp³-hybridized carbons (Fsp3) is 0.517. The SMILES string of the molecule is CC1(C(=O)NC2CCCCC2)Cn2c(cc3occc32)C(=O)N1C1CCN(Cc2ccccc2)CC1. The lowest BCUT2D eigenvalue weighted by Gasteiger charge is -2.50. The zero-order valence-corrected chi connectivity index (χ0v) is 21.1. The summed E-state index contributed by atoms with van der Waals surface area (Å²) in [6.07, 6.45) is 8.97. The van der Waals surface area contributed by atoms with Crippen LogP contribution in [0.5, 0.6) is 0 Å². The molecule has 4 heterocycles. The number of amides is 2. The molecule has 1 aromatic carbocycles. The molecule has 3 aliphatic rings. The molecule has 7 nitrogen and oxygen atoms in total. The van der Waals surface area contributed by atoms with Gasteiger partial charge in [0.25, 0.3) is 5.91 Å². The molecular formula is C29H36N4O3. The maximum absolute atomic E-state index is 14.0. The maximum Gasteiger partial charge on any atom is 0.271 e. The number of likely N-dealkylation sites (tertiary alicyclic amines) is 1. The molecule has 2 aliphatic heterocycles. The molecule has 1 unspecified atom stereocenters. The third-order valence-corrected chi connectivity index (χ3v) is 8.56. The number of piperidine rings is 1. The van der Waals surface area contributed by atoms with E-state index in [1.54, 1.807) is 6.26 Å². The predicted molar refractivity (Wildman–Crippen MR) is 139 cm³/mol. The van der Waals surface area contributed by atoms with Crippen molar-refractivity contribution in [3.05, 3.63) is 60.0 Å². The van der Waals surface area contributed by atoms with Gasteiger partial charge in [-0.3, -0.25) is 14.5 Å². The van der Waals surface area contributed by atoms with Crippen molar-refractivity contribution in [1.82, 2.24) is 19.7 Å². The first-order valence-electron chi connectivity index (χ1n) is 13.5. The summed E-state index contributed by atoms with van der Waals surface area (Å²) in [5.74, 6) is -0.0825. The highest BCUT2D eigenvalue weighted by molar-refractivity contribution is 6.03. The minimum absolute atomic E-state index is 0.0227. The van der Waals surface area contributed by atoms with Gasteiger partial charge in [-0.15, -0.1) is 0 Å². The van der Waals surface area contributed by atoms with Crippen LogP contribution in [-0.4, -0.2) is 56.9 Å². The van der Waals surface area contributed by atoms with Crippen LogP contribution in [0.3, 0.4) is 0 Å². The van der Waals surface area contributed by atoms with E-state index in [9.17, 15) is 9.59 Å². The minimum atomic E-state index is -0.947. The zero-order chi connectivity index (χ0) is 24.7. The van der Waals surface area contributed by atoms with Gasteiger partial charge < -0.3 is 19.2 Å². The summed E-state index contributed by atoms with van der Waals surface area (Å²) >= 11 is 0. The van der Waals surface area contributed by atoms with Gasteiger partial charge in [-0.25, -0.2) is 0 Å². The molecule has 0 bridgehead atoms. The summed E-state index contributed by atoms with van der Waals surface area (Å²) in [6, 6.07) is 14.5. The fourth-order valence-electron chi connectivity index (χ4n) is 6.57. The van der Waals surface area contributed by atoms with Crippen molar-refractivity contribution in [2.45, 2.75) is 82.6 Å². The Kier molecular flexibility index (Phi) is 6.12. The lowest BCUT2D eigenvalue weighted by Crippen LogP contribution is -2.68. The maximum atomic E-state index is 14.0. The number of furan rings is 1. The van der Waals surface area contributed by atoms with Gasteiger partial charge >= 0.3 is 0 Å². The van der Waals surface area contributed by atoms with E-state index in [-0.39, 0.29) is 23.9 Å². The number of benzene rings is 1. The zero-order valence-electron chi connectivity index (χ0n) is 21.1. The van der Waals surface area contributed by atoms with E-state index in [1.807, 2.05) is 34.6 Å². The quantitative estimate of drug-likeness (QED) is 0.572. The molecule has 190 valence electrons. The van der Waals surface area contributed by atoms with Crippen molar-refractivity contribution >= 4 is 22.9 Å². The number of fused-ring (bicyclic) bond motifs is 3. The molecule has 1 aliphatic carbocycles. The van der Waals surface area contributed by atoms with Gasteiger partial charge in [-0.2, -0.15) is 0 Å². The van der Waals surface area contributed by atoms with E-state index < -0.39 is 5.54 Å². The van der Waals surface area contributed by atoms with Crippen molar-refractivity contribution in [3.63, 3.8) is 0 Å². The number of hydrogen-bond donors (Lipinski definition) is 1. The lowest BCUT2D eigenvalue weighted by molar-refractivity contribution is -0.136. The van der Waals surface area contributed by atoms with E-state index >= 15 is 0 Å². The Hall–Kier alpha value is -3.06. The first-order valence-corrected chi connectivity index (χ1v) is 13.5. The molecule has 0 radical (unpaired) electrons. The molecule has 1 saturated heterocycles. The highest BCUT2D eigenvalue weighted by Crippen LogP contribution is 2.37. The summed E-state index contributed by atoms with van der Waals surface area (Å²) in [5, 5.41) is 3.35. The Balaban J connectivity index is 1.26. The highest BCUT2D eigenvalue weighted by atomic mass is 16.3. The number of carbonyl (C=O) groups is 2.